The van der Waals surface area contributed by atoms with Gasteiger partial charge in [0, 0.05) is 25.6 Å². The molecular formula is C33H35N3O5. The van der Waals surface area contributed by atoms with E-state index >= 15 is 0 Å². The fourth-order valence-corrected chi connectivity index (χ4v) is 7.18. The normalized spacial score (nSPS) is 23.0. The topological polar surface area (TPSA) is 99.2 Å². The van der Waals surface area contributed by atoms with Crippen molar-refractivity contribution in [2.24, 2.45) is 5.41 Å². The quantitative estimate of drug-likeness (QED) is 0.405. The maximum Gasteiger partial charge on any atom is 0.407 e. The van der Waals surface area contributed by atoms with E-state index < -0.39 is 23.6 Å². The lowest BCUT2D eigenvalue weighted by Gasteiger charge is -2.43. The zero-order valence-electron chi connectivity index (χ0n) is 23.4. The van der Waals surface area contributed by atoms with Crippen LogP contribution in [0.1, 0.15) is 42.4 Å². The molecule has 1 saturated carbocycles. The van der Waals surface area contributed by atoms with Crippen molar-refractivity contribution >= 4 is 18.0 Å². The van der Waals surface area contributed by atoms with Gasteiger partial charge in [-0.25, -0.2) is 9.59 Å². The average Bonchev–Trinajstić information content (AvgIpc) is 3.55. The maximum atomic E-state index is 13.9. The second-order valence-electron chi connectivity index (χ2n) is 12.1. The zero-order valence-corrected chi connectivity index (χ0v) is 23.4. The van der Waals surface area contributed by atoms with Gasteiger partial charge in [0.25, 0.3) is 0 Å². The van der Waals surface area contributed by atoms with Crippen LogP contribution in [0.25, 0.3) is 11.1 Å². The molecule has 8 nitrogen and oxygen atoms in total. The summed E-state index contributed by atoms with van der Waals surface area (Å²) in [6, 6.07) is 25.1. The van der Waals surface area contributed by atoms with Crippen molar-refractivity contribution < 1.29 is 24.2 Å². The Kier molecular flexibility index (Phi) is 6.82. The van der Waals surface area contributed by atoms with Gasteiger partial charge in [0.1, 0.15) is 18.2 Å². The van der Waals surface area contributed by atoms with Crippen molar-refractivity contribution in [2.75, 3.05) is 26.7 Å². The summed E-state index contributed by atoms with van der Waals surface area (Å²) in [7, 11) is 1.88. The standard InChI is InChI=1S/C33H35N3O5/c1-32-19-33(20-32,30(38)39)36(21-32)29(37)28(17-35(2)16-22-10-4-3-5-11-22)34-31(40)41-18-27-25-14-8-6-12-23(25)24-13-7-9-15-26(24)27/h3-15,27-28H,16-21H2,1-2H3,(H,34,40)(H,38,39). The Balaban J connectivity index is 1.18. The number of rotatable bonds is 9. The molecule has 1 unspecified atom stereocenters. The summed E-state index contributed by atoms with van der Waals surface area (Å²) in [5.74, 6) is -1.48. The Labute approximate surface area is 239 Å². The van der Waals surface area contributed by atoms with Gasteiger partial charge in [-0.15, -0.1) is 0 Å². The van der Waals surface area contributed by atoms with Crippen LogP contribution in [0.3, 0.4) is 0 Å². The molecule has 0 spiro atoms. The van der Waals surface area contributed by atoms with Crippen LogP contribution < -0.4 is 5.32 Å². The molecule has 2 N–H and O–H groups in total. The molecule has 3 aromatic rings. The van der Waals surface area contributed by atoms with Crippen LogP contribution in [0.15, 0.2) is 78.9 Å². The van der Waals surface area contributed by atoms with Gasteiger partial charge in [-0.1, -0.05) is 85.8 Å². The third-order valence-electron chi connectivity index (χ3n) is 8.88. The Morgan fingerprint density at radius 1 is 0.976 bits per heavy atom. The van der Waals surface area contributed by atoms with Gasteiger partial charge < -0.3 is 20.1 Å². The molecule has 3 fully saturated rings. The van der Waals surface area contributed by atoms with E-state index in [2.05, 4.69) is 29.6 Å². The van der Waals surface area contributed by atoms with Gasteiger partial charge in [-0.2, -0.15) is 0 Å². The first kappa shape index (κ1) is 27.0. The molecule has 2 amide bonds. The number of hydrogen-bond acceptors (Lipinski definition) is 5. The first-order valence-corrected chi connectivity index (χ1v) is 14.1. The third kappa shape index (κ3) is 4.86. The predicted molar refractivity (Wildman–Crippen MR) is 154 cm³/mol. The third-order valence-corrected chi connectivity index (χ3v) is 8.88. The van der Waals surface area contributed by atoms with Crippen LogP contribution >= 0.6 is 0 Å². The van der Waals surface area contributed by atoms with Crippen LogP contribution in [0.4, 0.5) is 4.79 Å². The number of nitrogens with zero attached hydrogens (tertiary/aromatic N) is 2. The number of hydrogen-bond donors (Lipinski definition) is 2. The molecule has 2 bridgehead atoms. The number of amides is 2. The minimum atomic E-state index is -1.20. The first-order chi connectivity index (χ1) is 19.7. The minimum absolute atomic E-state index is 0.107. The van der Waals surface area contributed by atoms with Crippen LogP contribution in [-0.2, 0) is 20.9 Å². The second-order valence-corrected chi connectivity index (χ2v) is 12.1. The summed E-state index contributed by atoms with van der Waals surface area (Å²) in [6.45, 7) is 3.28. The number of aliphatic carboxylic acids is 1. The summed E-state index contributed by atoms with van der Waals surface area (Å²) < 4.78 is 5.76. The van der Waals surface area contributed by atoms with Gasteiger partial charge in [0.15, 0.2) is 0 Å². The van der Waals surface area contributed by atoms with Crippen LogP contribution in [0.2, 0.25) is 0 Å². The molecule has 3 aromatic carbocycles. The predicted octanol–water partition coefficient (Wildman–Crippen LogP) is 4.49. The molecule has 212 valence electrons. The van der Waals surface area contributed by atoms with E-state index in [-0.39, 0.29) is 30.4 Å². The molecule has 4 aliphatic rings. The maximum absolute atomic E-state index is 13.9. The van der Waals surface area contributed by atoms with E-state index in [0.717, 1.165) is 27.8 Å². The first-order valence-electron chi connectivity index (χ1n) is 14.1. The lowest BCUT2D eigenvalue weighted by atomic mass is 9.63. The van der Waals surface area contributed by atoms with Gasteiger partial charge in [0.2, 0.25) is 5.91 Å². The van der Waals surface area contributed by atoms with Gasteiger partial charge in [-0.3, -0.25) is 9.69 Å². The van der Waals surface area contributed by atoms with Gasteiger partial charge in [0.05, 0.1) is 0 Å². The SMILES string of the molecule is CN(Cc1ccccc1)CC(NC(=O)OCC1c2ccccc2-c2ccccc21)C(=O)N1CC2(C)CC1(C(=O)O)C2. The number of carbonyl (C=O) groups is 3. The van der Waals surface area contributed by atoms with E-state index in [1.165, 1.54) is 4.90 Å². The summed E-state index contributed by atoms with van der Waals surface area (Å²) in [4.78, 5) is 42.8. The van der Waals surface area contributed by atoms with Crippen molar-refractivity contribution in [1.29, 1.82) is 0 Å². The number of carboxylic acids is 1. The molecule has 7 rings (SSSR count). The molecule has 41 heavy (non-hydrogen) atoms. The van der Waals surface area contributed by atoms with Crippen molar-refractivity contribution in [1.82, 2.24) is 15.1 Å². The smallest absolute Gasteiger partial charge is 0.407 e. The number of fused-ring (bicyclic) bond motifs is 4. The van der Waals surface area contributed by atoms with E-state index in [0.29, 0.717) is 25.9 Å². The Hall–Kier alpha value is -4.17. The van der Waals surface area contributed by atoms with E-state index in [1.807, 2.05) is 73.5 Å². The lowest BCUT2D eigenvalue weighted by molar-refractivity contribution is -0.160. The van der Waals surface area contributed by atoms with Crippen molar-refractivity contribution in [2.45, 2.75) is 43.8 Å². The van der Waals surface area contributed by atoms with Crippen molar-refractivity contribution in [3.8, 4) is 11.1 Å². The number of carbonyl (C=O) groups excluding carboxylic acids is 2. The summed E-state index contributed by atoms with van der Waals surface area (Å²) in [5, 5.41) is 12.8. The number of carboxylic acid groups (broad SMARTS) is 1. The molecular weight excluding hydrogens is 518 g/mol. The number of ether oxygens (including phenoxy) is 1. The number of alkyl carbamates (subject to hydrolysis) is 1. The molecule has 1 atom stereocenters. The highest BCUT2D eigenvalue weighted by atomic mass is 16.5. The van der Waals surface area contributed by atoms with Crippen LogP contribution in [0.5, 0.6) is 0 Å². The minimum Gasteiger partial charge on any atom is -0.479 e. The zero-order chi connectivity index (χ0) is 28.8. The molecule has 2 aliphatic heterocycles. The summed E-state index contributed by atoms with van der Waals surface area (Å²) >= 11 is 0. The monoisotopic (exact) mass is 553 g/mol. The van der Waals surface area contributed by atoms with E-state index in [1.54, 1.807) is 0 Å². The molecule has 0 radical (unpaired) electrons. The van der Waals surface area contributed by atoms with E-state index in [9.17, 15) is 19.5 Å². The summed E-state index contributed by atoms with van der Waals surface area (Å²) in [5.41, 5.74) is 4.13. The average molecular weight is 554 g/mol. The lowest BCUT2D eigenvalue weighted by Crippen LogP contribution is -2.61. The fourth-order valence-electron chi connectivity index (χ4n) is 7.18. The van der Waals surface area contributed by atoms with Crippen LogP contribution in [0, 0.1) is 5.41 Å². The highest BCUT2D eigenvalue weighted by Gasteiger charge is 2.69. The van der Waals surface area contributed by atoms with Gasteiger partial charge in [-0.05, 0) is 53.1 Å². The van der Waals surface area contributed by atoms with Crippen molar-refractivity contribution in [3.05, 3.63) is 95.6 Å². The highest BCUT2D eigenvalue weighted by molar-refractivity contribution is 5.93. The largest absolute Gasteiger partial charge is 0.479 e. The second kappa shape index (κ2) is 10.3. The molecule has 2 saturated heterocycles. The molecule has 2 heterocycles. The Morgan fingerprint density at radius 3 is 2.17 bits per heavy atom. The summed E-state index contributed by atoms with van der Waals surface area (Å²) in [6.07, 6.45) is 0.164. The highest BCUT2D eigenvalue weighted by Crippen LogP contribution is 2.59. The van der Waals surface area contributed by atoms with Gasteiger partial charge >= 0.3 is 12.1 Å². The van der Waals surface area contributed by atoms with Crippen molar-refractivity contribution in [3.63, 3.8) is 0 Å². The number of benzene rings is 3. The van der Waals surface area contributed by atoms with E-state index in [4.69, 9.17) is 4.74 Å². The molecule has 0 aromatic heterocycles. The number of nitrogens with one attached hydrogen (secondary N) is 1. The molecule has 8 heteroatoms. The molecule has 2 aliphatic carbocycles. The van der Waals surface area contributed by atoms with Crippen LogP contribution in [-0.4, -0.2) is 71.2 Å². The number of likely N-dealkylation sites (N-methyl/N-ethyl adjacent to an activating group) is 1. The Bertz CT molecular complexity index is 1440. The fraction of sp³-hybridized carbons (Fsp3) is 0.364. The Morgan fingerprint density at radius 2 is 1.56 bits per heavy atom.